The van der Waals surface area contributed by atoms with E-state index < -0.39 is 0 Å². The fraction of sp³-hybridized carbons (Fsp3) is 0.600. The summed E-state index contributed by atoms with van der Waals surface area (Å²) >= 11 is 0. The summed E-state index contributed by atoms with van der Waals surface area (Å²) in [5.74, 6) is 3.52. The highest BCUT2D eigenvalue weighted by atomic mass is 16.3. The number of aliphatic hydroxyl groups is 1. The van der Waals surface area contributed by atoms with E-state index in [1.54, 1.807) is 11.1 Å². The summed E-state index contributed by atoms with van der Waals surface area (Å²) < 4.78 is 0. The number of hydrogen-bond acceptors (Lipinski definition) is 1. The molecular weight excluding hydrogens is 496 g/mol. The molecule has 2 aromatic carbocycles. The molecule has 3 aliphatic carbocycles. The number of fused-ring (bicyclic) bond motifs is 3. The molecule has 1 heteroatoms. The monoisotopic (exact) mass is 552 g/mol. The smallest absolute Gasteiger partial charge is 0.0620 e. The first kappa shape index (κ1) is 30.3. The van der Waals surface area contributed by atoms with Crippen LogP contribution in [0.25, 0.3) is 0 Å². The van der Waals surface area contributed by atoms with Crippen molar-refractivity contribution in [2.24, 2.45) is 45.8 Å². The molecule has 0 heterocycles. The fourth-order valence-electron chi connectivity index (χ4n) is 11.5. The van der Waals surface area contributed by atoms with E-state index in [1.165, 1.54) is 34.3 Å². The second-order valence-electron chi connectivity index (χ2n) is 15.5. The Hall–Kier alpha value is -2.12. The second kappa shape index (κ2) is 10.3. The van der Waals surface area contributed by atoms with Crippen LogP contribution in [0.2, 0.25) is 0 Å². The van der Waals surface area contributed by atoms with Crippen molar-refractivity contribution >= 4 is 0 Å². The van der Waals surface area contributed by atoms with Crippen molar-refractivity contribution in [3.63, 3.8) is 0 Å². The van der Waals surface area contributed by atoms with Crippen molar-refractivity contribution in [1.82, 2.24) is 0 Å². The third kappa shape index (κ3) is 4.11. The highest BCUT2D eigenvalue weighted by Crippen LogP contribution is 2.77. The van der Waals surface area contributed by atoms with E-state index in [0.717, 1.165) is 0 Å². The van der Waals surface area contributed by atoms with Crippen molar-refractivity contribution in [1.29, 1.82) is 0 Å². The Labute approximate surface area is 251 Å². The van der Waals surface area contributed by atoms with Crippen LogP contribution in [0, 0.1) is 52.8 Å². The average Bonchev–Trinajstić information content (AvgIpc) is 2.90. The zero-order chi connectivity index (χ0) is 30.2. The molecule has 41 heavy (non-hydrogen) atoms. The summed E-state index contributed by atoms with van der Waals surface area (Å²) in [7, 11) is 0. The minimum absolute atomic E-state index is 0.0512. The lowest BCUT2D eigenvalue weighted by atomic mass is 9.30. The lowest BCUT2D eigenvalue weighted by Crippen LogP contribution is -2.67. The topological polar surface area (TPSA) is 20.2 Å². The minimum atomic E-state index is -0.379. The third-order valence-electron chi connectivity index (χ3n) is 14.0. The fourth-order valence-corrected chi connectivity index (χ4v) is 11.5. The normalized spacial score (nSPS) is 40.8. The molecule has 0 spiro atoms. The van der Waals surface area contributed by atoms with Crippen LogP contribution in [0.4, 0.5) is 0 Å². The second-order valence-corrected chi connectivity index (χ2v) is 15.5. The first-order valence-electron chi connectivity index (χ1n) is 16.3. The van der Waals surface area contributed by atoms with E-state index >= 15 is 0 Å². The first-order chi connectivity index (χ1) is 19.1. The molecule has 1 nitrogen and oxygen atoms in total. The summed E-state index contributed by atoms with van der Waals surface area (Å²) in [6, 6.07) is 15.2. The molecule has 11 unspecified atom stereocenters. The highest BCUT2D eigenvalue weighted by molar-refractivity contribution is 5.49. The number of allylic oxidation sites excluding steroid dienone is 2. The van der Waals surface area contributed by atoms with Gasteiger partial charge in [-0.05, 0) is 113 Å². The molecule has 11 atom stereocenters. The predicted octanol–water partition coefficient (Wildman–Crippen LogP) is 10.1. The van der Waals surface area contributed by atoms with Gasteiger partial charge in [0.05, 0.1) is 6.10 Å². The molecular formula is C40H56O. The van der Waals surface area contributed by atoms with E-state index in [1.807, 2.05) is 6.07 Å². The van der Waals surface area contributed by atoms with Crippen molar-refractivity contribution in [2.75, 3.05) is 0 Å². The largest absolute Gasteiger partial charge is 0.392 e. The Bertz CT molecular complexity index is 1340. The molecule has 222 valence electrons. The van der Waals surface area contributed by atoms with Crippen LogP contribution in [-0.2, 0) is 12.8 Å². The Morgan fingerprint density at radius 2 is 1.61 bits per heavy atom. The standard InChI is InChI=1S/C40H56O/c1-23(2)35-24(3)22-38(10)30(9)39(11)27(6)34-19-18-32(21-33(41)20-31-16-14-13-15-17-31)25(4)36(34)26(5)37(39)29(8)40(38,12)28(35)7/h13-19,24,26-27,29-30,33,35,37,41H,1,7,20-22H2,2-6,8-12H3. The van der Waals surface area contributed by atoms with E-state index in [4.69, 9.17) is 6.58 Å². The van der Waals surface area contributed by atoms with E-state index in [-0.39, 0.29) is 22.3 Å². The molecule has 0 saturated heterocycles. The van der Waals surface area contributed by atoms with Crippen LogP contribution in [0.5, 0.6) is 0 Å². The maximum Gasteiger partial charge on any atom is 0.0620 e. The lowest BCUT2D eigenvalue weighted by molar-refractivity contribution is -0.200. The average molecular weight is 553 g/mol. The molecule has 2 saturated carbocycles. The van der Waals surface area contributed by atoms with E-state index in [2.05, 4.69) is 112 Å². The number of aliphatic hydroxyl groups excluding tert-OH is 1. The molecule has 3 aliphatic rings. The Morgan fingerprint density at radius 3 is 2.22 bits per heavy atom. The van der Waals surface area contributed by atoms with Gasteiger partial charge in [0.15, 0.2) is 0 Å². The van der Waals surface area contributed by atoms with Crippen LogP contribution in [-0.4, -0.2) is 11.2 Å². The minimum Gasteiger partial charge on any atom is -0.392 e. The summed E-state index contributed by atoms with van der Waals surface area (Å²) in [5.41, 5.74) is 10.2. The van der Waals surface area contributed by atoms with Gasteiger partial charge in [0.1, 0.15) is 0 Å². The van der Waals surface area contributed by atoms with Crippen LogP contribution < -0.4 is 0 Å². The number of hydrogen-bond donors (Lipinski definition) is 1. The van der Waals surface area contributed by atoms with E-state index in [9.17, 15) is 5.11 Å². The van der Waals surface area contributed by atoms with Crippen molar-refractivity contribution in [3.8, 4) is 0 Å². The maximum atomic E-state index is 11.1. The Balaban J connectivity index is 1.58. The lowest BCUT2D eigenvalue weighted by Gasteiger charge is -2.73. The van der Waals surface area contributed by atoms with Crippen LogP contribution in [0.15, 0.2) is 66.8 Å². The summed E-state index contributed by atoms with van der Waals surface area (Å²) in [6.07, 6.45) is 2.25. The zero-order valence-electron chi connectivity index (χ0n) is 27.6. The molecule has 0 aromatic heterocycles. The van der Waals surface area contributed by atoms with Crippen molar-refractivity contribution in [3.05, 3.63) is 94.6 Å². The van der Waals surface area contributed by atoms with Crippen molar-refractivity contribution < 1.29 is 5.11 Å². The van der Waals surface area contributed by atoms with Gasteiger partial charge in [-0.3, -0.25) is 0 Å². The van der Waals surface area contributed by atoms with Gasteiger partial charge in [0, 0.05) is 5.92 Å². The summed E-state index contributed by atoms with van der Waals surface area (Å²) in [4.78, 5) is 0. The van der Waals surface area contributed by atoms with Gasteiger partial charge >= 0.3 is 0 Å². The summed E-state index contributed by atoms with van der Waals surface area (Å²) in [5, 5.41) is 11.1. The van der Waals surface area contributed by atoms with Gasteiger partial charge in [-0.25, -0.2) is 0 Å². The van der Waals surface area contributed by atoms with E-state index in [0.29, 0.717) is 54.3 Å². The van der Waals surface area contributed by atoms with Gasteiger partial charge < -0.3 is 5.11 Å². The van der Waals surface area contributed by atoms with Gasteiger partial charge in [0.25, 0.3) is 0 Å². The van der Waals surface area contributed by atoms with Crippen LogP contribution >= 0.6 is 0 Å². The number of rotatable bonds is 5. The molecule has 0 bridgehead atoms. The first-order valence-corrected chi connectivity index (χ1v) is 16.3. The Morgan fingerprint density at radius 1 is 0.976 bits per heavy atom. The maximum absolute atomic E-state index is 11.1. The zero-order valence-corrected chi connectivity index (χ0v) is 27.6. The molecule has 2 fully saturated rings. The molecule has 5 rings (SSSR count). The summed E-state index contributed by atoms with van der Waals surface area (Å²) in [6.45, 7) is 34.4. The van der Waals surface area contributed by atoms with Gasteiger partial charge in [-0.2, -0.15) is 0 Å². The quantitative estimate of drug-likeness (QED) is 0.366. The van der Waals surface area contributed by atoms with Crippen LogP contribution in [0.3, 0.4) is 0 Å². The molecule has 0 aliphatic heterocycles. The molecule has 2 aromatic rings. The Kier molecular flexibility index (Phi) is 7.59. The van der Waals surface area contributed by atoms with Gasteiger partial charge in [-0.1, -0.05) is 122 Å². The van der Waals surface area contributed by atoms with Crippen molar-refractivity contribution in [2.45, 2.75) is 106 Å². The molecule has 0 amide bonds. The predicted molar refractivity (Wildman–Crippen MR) is 175 cm³/mol. The number of benzene rings is 2. The highest BCUT2D eigenvalue weighted by Gasteiger charge is 2.70. The molecule has 1 N–H and O–H groups in total. The SMILES string of the molecule is C=C(C)C1C(=C)C2(C)C(C)C3C(C)c4c(ccc(CC(O)Cc5ccccc5)c4C)C(C)C3(C)C(C)C2(C)CC1C. The third-order valence-corrected chi connectivity index (χ3v) is 14.0. The molecule has 0 radical (unpaired) electrons. The van der Waals surface area contributed by atoms with Crippen LogP contribution in [0.1, 0.15) is 108 Å². The van der Waals surface area contributed by atoms with Gasteiger partial charge in [-0.15, -0.1) is 0 Å². The van der Waals surface area contributed by atoms with Gasteiger partial charge in [0.2, 0.25) is 0 Å².